The first-order chi connectivity index (χ1) is 7.77. The summed E-state index contributed by atoms with van der Waals surface area (Å²) in [6, 6.07) is 6.94. The third-order valence-electron chi connectivity index (χ3n) is 2.05. The Balaban J connectivity index is 2.50. The third-order valence-corrected chi connectivity index (χ3v) is 2.32. The van der Waals surface area contributed by atoms with Gasteiger partial charge in [-0.2, -0.15) is 0 Å². The predicted octanol–water partition coefficient (Wildman–Crippen LogP) is 2.87. The fourth-order valence-corrected chi connectivity index (χ4v) is 1.41. The molecule has 3 nitrogen and oxygen atoms in total. The number of hydrogen-bond acceptors (Lipinski definition) is 3. The molecule has 1 aromatic rings. The summed E-state index contributed by atoms with van der Waals surface area (Å²) in [4.78, 5) is 11.2. The van der Waals surface area contributed by atoms with Crippen LogP contribution in [-0.4, -0.2) is 25.6 Å². The number of esters is 1. The van der Waals surface area contributed by atoms with Crippen molar-refractivity contribution in [2.75, 3.05) is 19.6 Å². The van der Waals surface area contributed by atoms with Gasteiger partial charge in [0, 0.05) is 5.88 Å². The Kier molecular flexibility index (Phi) is 5.72. The highest BCUT2D eigenvalue weighted by Crippen LogP contribution is 2.14. The SMILES string of the molecule is COC(=O)c1cccc(OCCCCCl)c1. The van der Waals surface area contributed by atoms with E-state index in [1.54, 1.807) is 18.2 Å². The average molecular weight is 243 g/mol. The molecule has 88 valence electrons. The van der Waals surface area contributed by atoms with Gasteiger partial charge in [0.2, 0.25) is 0 Å². The van der Waals surface area contributed by atoms with Gasteiger partial charge in [0.1, 0.15) is 5.75 Å². The zero-order valence-electron chi connectivity index (χ0n) is 9.24. The third kappa shape index (κ3) is 4.11. The van der Waals surface area contributed by atoms with Crippen LogP contribution in [-0.2, 0) is 4.74 Å². The van der Waals surface area contributed by atoms with Gasteiger partial charge in [-0.3, -0.25) is 0 Å². The number of rotatable bonds is 6. The molecule has 0 aliphatic rings. The van der Waals surface area contributed by atoms with Crippen molar-refractivity contribution in [2.45, 2.75) is 12.8 Å². The number of unbranched alkanes of at least 4 members (excludes halogenated alkanes) is 1. The zero-order valence-corrected chi connectivity index (χ0v) is 10.00. The summed E-state index contributed by atoms with van der Waals surface area (Å²) in [5.41, 5.74) is 0.498. The van der Waals surface area contributed by atoms with Crippen LogP contribution in [0, 0.1) is 0 Å². The number of carbonyl (C=O) groups is 1. The van der Waals surface area contributed by atoms with Gasteiger partial charge in [-0.25, -0.2) is 4.79 Å². The van der Waals surface area contributed by atoms with Crippen LogP contribution in [0.1, 0.15) is 23.2 Å². The van der Waals surface area contributed by atoms with E-state index in [9.17, 15) is 4.79 Å². The van der Waals surface area contributed by atoms with Crippen molar-refractivity contribution in [3.05, 3.63) is 29.8 Å². The van der Waals surface area contributed by atoms with E-state index in [1.165, 1.54) is 7.11 Å². The summed E-state index contributed by atoms with van der Waals surface area (Å²) in [5.74, 6) is 0.967. The Hall–Kier alpha value is -1.22. The standard InChI is InChI=1S/C12H15ClO3/c1-15-12(14)10-5-4-6-11(9-10)16-8-3-2-7-13/h4-6,9H,2-3,7-8H2,1H3. The van der Waals surface area contributed by atoms with E-state index in [0.29, 0.717) is 23.8 Å². The fourth-order valence-electron chi connectivity index (χ4n) is 1.22. The lowest BCUT2D eigenvalue weighted by Gasteiger charge is -2.06. The summed E-state index contributed by atoms with van der Waals surface area (Å²) in [7, 11) is 1.36. The first-order valence-electron chi connectivity index (χ1n) is 5.15. The predicted molar refractivity (Wildman–Crippen MR) is 63.2 cm³/mol. The molecule has 0 fully saturated rings. The van der Waals surface area contributed by atoms with Gasteiger partial charge < -0.3 is 9.47 Å². The summed E-state index contributed by atoms with van der Waals surface area (Å²) in [6.45, 7) is 0.608. The van der Waals surface area contributed by atoms with Gasteiger partial charge in [-0.05, 0) is 31.0 Å². The Labute approximate surface area is 100 Å². The maximum Gasteiger partial charge on any atom is 0.337 e. The molecular weight excluding hydrogens is 228 g/mol. The van der Waals surface area contributed by atoms with Crippen LogP contribution in [0.2, 0.25) is 0 Å². The van der Waals surface area contributed by atoms with E-state index in [4.69, 9.17) is 16.3 Å². The molecule has 0 radical (unpaired) electrons. The maximum atomic E-state index is 11.2. The lowest BCUT2D eigenvalue weighted by molar-refractivity contribution is 0.0600. The molecule has 0 aromatic heterocycles. The molecule has 16 heavy (non-hydrogen) atoms. The van der Waals surface area contributed by atoms with Gasteiger partial charge >= 0.3 is 5.97 Å². The van der Waals surface area contributed by atoms with Gasteiger partial charge in [-0.15, -0.1) is 11.6 Å². The van der Waals surface area contributed by atoms with E-state index >= 15 is 0 Å². The minimum atomic E-state index is -0.355. The molecule has 0 bridgehead atoms. The van der Waals surface area contributed by atoms with Crippen molar-refractivity contribution < 1.29 is 14.3 Å². The molecule has 1 aromatic carbocycles. The number of ether oxygens (including phenoxy) is 2. The Bertz CT molecular complexity index is 339. The van der Waals surface area contributed by atoms with Crippen molar-refractivity contribution in [1.82, 2.24) is 0 Å². The molecule has 1 rings (SSSR count). The number of methoxy groups -OCH3 is 1. The number of halogens is 1. The first kappa shape index (κ1) is 12.8. The lowest BCUT2D eigenvalue weighted by Crippen LogP contribution is -2.02. The van der Waals surface area contributed by atoms with Crippen molar-refractivity contribution in [3.8, 4) is 5.75 Å². The molecule has 0 atom stereocenters. The van der Waals surface area contributed by atoms with Crippen molar-refractivity contribution in [3.63, 3.8) is 0 Å². The average Bonchev–Trinajstić information content (AvgIpc) is 2.34. The first-order valence-corrected chi connectivity index (χ1v) is 5.68. The van der Waals surface area contributed by atoms with Crippen LogP contribution in [0.4, 0.5) is 0 Å². The van der Waals surface area contributed by atoms with Gasteiger partial charge in [0.25, 0.3) is 0 Å². The number of carbonyl (C=O) groups excluding carboxylic acids is 1. The Morgan fingerprint density at radius 3 is 2.88 bits per heavy atom. The monoisotopic (exact) mass is 242 g/mol. The van der Waals surface area contributed by atoms with Crippen molar-refractivity contribution >= 4 is 17.6 Å². The van der Waals surface area contributed by atoms with Gasteiger partial charge in [0.05, 0.1) is 19.3 Å². The minimum Gasteiger partial charge on any atom is -0.494 e. The zero-order chi connectivity index (χ0) is 11.8. The molecule has 4 heteroatoms. The highest BCUT2D eigenvalue weighted by molar-refractivity contribution is 6.17. The van der Waals surface area contributed by atoms with Crippen LogP contribution in [0.5, 0.6) is 5.75 Å². The second-order valence-corrected chi connectivity index (χ2v) is 3.64. The van der Waals surface area contributed by atoms with Crippen LogP contribution in [0.15, 0.2) is 24.3 Å². The van der Waals surface area contributed by atoms with Crippen LogP contribution < -0.4 is 4.74 Å². The Morgan fingerprint density at radius 2 is 2.19 bits per heavy atom. The summed E-state index contributed by atoms with van der Waals surface area (Å²) < 4.78 is 10.1. The Morgan fingerprint density at radius 1 is 1.38 bits per heavy atom. The van der Waals surface area contributed by atoms with E-state index < -0.39 is 0 Å². The van der Waals surface area contributed by atoms with Gasteiger partial charge in [-0.1, -0.05) is 6.07 Å². The summed E-state index contributed by atoms with van der Waals surface area (Å²) in [5, 5.41) is 0. The topological polar surface area (TPSA) is 35.5 Å². The molecule has 0 N–H and O–H groups in total. The van der Waals surface area contributed by atoms with Crippen molar-refractivity contribution in [2.24, 2.45) is 0 Å². The summed E-state index contributed by atoms with van der Waals surface area (Å²) >= 11 is 5.55. The second kappa shape index (κ2) is 7.12. The molecule has 0 amide bonds. The summed E-state index contributed by atoms with van der Waals surface area (Å²) in [6.07, 6.45) is 1.84. The van der Waals surface area contributed by atoms with Crippen LogP contribution >= 0.6 is 11.6 Å². The molecule has 0 heterocycles. The number of benzene rings is 1. The smallest absolute Gasteiger partial charge is 0.337 e. The van der Waals surface area contributed by atoms with E-state index in [1.807, 2.05) is 6.07 Å². The highest BCUT2D eigenvalue weighted by atomic mass is 35.5. The van der Waals surface area contributed by atoms with Crippen LogP contribution in [0.3, 0.4) is 0 Å². The fraction of sp³-hybridized carbons (Fsp3) is 0.417. The molecule has 0 spiro atoms. The van der Waals surface area contributed by atoms with E-state index in [2.05, 4.69) is 4.74 Å². The quantitative estimate of drug-likeness (QED) is 0.437. The molecule has 0 aliphatic carbocycles. The lowest BCUT2D eigenvalue weighted by atomic mass is 10.2. The normalized spacial score (nSPS) is 9.88. The number of alkyl halides is 1. The molecule has 0 saturated heterocycles. The van der Waals surface area contributed by atoms with E-state index in [0.717, 1.165) is 12.8 Å². The molecular formula is C12H15ClO3. The second-order valence-electron chi connectivity index (χ2n) is 3.26. The van der Waals surface area contributed by atoms with Crippen molar-refractivity contribution in [1.29, 1.82) is 0 Å². The maximum absolute atomic E-state index is 11.2. The van der Waals surface area contributed by atoms with Gasteiger partial charge in [0.15, 0.2) is 0 Å². The molecule has 0 saturated carbocycles. The highest BCUT2D eigenvalue weighted by Gasteiger charge is 2.05. The minimum absolute atomic E-state index is 0.355. The largest absolute Gasteiger partial charge is 0.494 e. The van der Waals surface area contributed by atoms with Crippen LogP contribution in [0.25, 0.3) is 0 Å². The molecule has 0 aliphatic heterocycles. The van der Waals surface area contributed by atoms with E-state index in [-0.39, 0.29) is 5.97 Å². The molecule has 0 unspecified atom stereocenters. The number of hydrogen-bond donors (Lipinski definition) is 0.